The first-order chi connectivity index (χ1) is 8.67. The molecule has 2 rings (SSSR count). The van der Waals surface area contributed by atoms with Gasteiger partial charge in [-0.1, -0.05) is 19.3 Å². The fourth-order valence-corrected chi connectivity index (χ4v) is 4.01. The van der Waals surface area contributed by atoms with Gasteiger partial charge in [-0.15, -0.1) is 0 Å². The van der Waals surface area contributed by atoms with Crippen molar-refractivity contribution in [2.75, 3.05) is 33.8 Å². The summed E-state index contributed by atoms with van der Waals surface area (Å²) in [5.74, 6) is 0. The Morgan fingerprint density at radius 3 is 2.56 bits per heavy atom. The Balaban J connectivity index is 1.95. The number of ether oxygens (including phenoxy) is 1. The maximum atomic E-state index is 5.71. The molecule has 2 unspecified atom stereocenters. The van der Waals surface area contributed by atoms with Crippen LogP contribution in [0.3, 0.4) is 0 Å². The third kappa shape index (κ3) is 3.25. The number of nitrogens with zero attached hydrogens (tertiary/aromatic N) is 1. The molecule has 3 heteroatoms. The topological polar surface area (TPSA) is 24.5 Å². The number of nitrogens with one attached hydrogen (secondary N) is 1. The maximum Gasteiger partial charge on any atom is 0.0702 e. The standard InChI is InChI=1S/C15H30N2O/c1-13-14(7-10-18-13)17(3)12-15(11-16-2)8-5-4-6-9-15/h13-14,16H,4-12H2,1-3H3. The van der Waals surface area contributed by atoms with E-state index in [1.54, 1.807) is 0 Å². The lowest BCUT2D eigenvalue weighted by molar-refractivity contribution is 0.0510. The van der Waals surface area contributed by atoms with Crippen LogP contribution in [0.4, 0.5) is 0 Å². The van der Waals surface area contributed by atoms with Gasteiger partial charge < -0.3 is 15.0 Å². The minimum absolute atomic E-state index is 0.408. The molecule has 2 atom stereocenters. The Hall–Kier alpha value is -0.120. The highest BCUT2D eigenvalue weighted by molar-refractivity contribution is 4.90. The zero-order valence-corrected chi connectivity index (χ0v) is 12.4. The van der Waals surface area contributed by atoms with Gasteiger partial charge in [0.1, 0.15) is 0 Å². The van der Waals surface area contributed by atoms with E-state index in [9.17, 15) is 0 Å². The van der Waals surface area contributed by atoms with E-state index in [4.69, 9.17) is 4.74 Å². The Labute approximate surface area is 112 Å². The molecule has 0 aromatic rings. The number of hydrogen-bond donors (Lipinski definition) is 1. The van der Waals surface area contributed by atoms with Crippen molar-refractivity contribution in [3.8, 4) is 0 Å². The Morgan fingerprint density at radius 1 is 1.28 bits per heavy atom. The van der Waals surface area contributed by atoms with E-state index in [2.05, 4.69) is 31.2 Å². The van der Waals surface area contributed by atoms with Gasteiger partial charge in [-0.3, -0.25) is 0 Å². The van der Waals surface area contributed by atoms with Gasteiger partial charge >= 0.3 is 0 Å². The van der Waals surface area contributed by atoms with Crippen LogP contribution < -0.4 is 5.32 Å². The first-order valence-corrected chi connectivity index (χ1v) is 7.63. The van der Waals surface area contributed by atoms with Gasteiger partial charge in [0.15, 0.2) is 0 Å². The third-order valence-corrected chi connectivity index (χ3v) is 4.95. The lowest BCUT2D eigenvalue weighted by Crippen LogP contribution is -2.48. The summed E-state index contributed by atoms with van der Waals surface area (Å²) in [7, 11) is 4.39. The summed E-state index contributed by atoms with van der Waals surface area (Å²) in [6.45, 7) is 5.56. The van der Waals surface area contributed by atoms with Gasteiger partial charge in [-0.05, 0) is 45.7 Å². The summed E-state index contributed by atoms with van der Waals surface area (Å²) in [4.78, 5) is 2.57. The molecule has 3 nitrogen and oxygen atoms in total. The molecule has 1 saturated carbocycles. The summed E-state index contributed by atoms with van der Waals surface area (Å²) < 4.78 is 5.71. The second-order valence-electron chi connectivity index (χ2n) is 6.44. The molecule has 2 fully saturated rings. The predicted molar refractivity (Wildman–Crippen MR) is 75.9 cm³/mol. The highest BCUT2D eigenvalue weighted by atomic mass is 16.5. The summed E-state index contributed by atoms with van der Waals surface area (Å²) in [6.07, 6.45) is 8.63. The van der Waals surface area contributed by atoms with Gasteiger partial charge in [0, 0.05) is 25.7 Å². The Bertz CT molecular complexity index is 245. The van der Waals surface area contributed by atoms with Crippen LogP contribution in [0.15, 0.2) is 0 Å². The van der Waals surface area contributed by atoms with E-state index >= 15 is 0 Å². The van der Waals surface area contributed by atoms with Crippen LogP contribution in [-0.4, -0.2) is 50.8 Å². The minimum atomic E-state index is 0.408. The molecule has 1 saturated heterocycles. The van der Waals surface area contributed by atoms with Crippen LogP contribution in [0.1, 0.15) is 45.4 Å². The van der Waals surface area contributed by atoms with Crippen molar-refractivity contribution in [3.63, 3.8) is 0 Å². The molecule has 1 aliphatic heterocycles. The molecule has 0 aromatic heterocycles. The average molecular weight is 254 g/mol. The normalized spacial score (nSPS) is 32.0. The first-order valence-electron chi connectivity index (χ1n) is 7.63. The SMILES string of the molecule is CNCC1(CN(C)C2CCOC2C)CCCCC1. The molecule has 0 bridgehead atoms. The molecule has 0 spiro atoms. The highest BCUT2D eigenvalue weighted by Crippen LogP contribution is 2.37. The molecule has 2 aliphatic rings. The van der Waals surface area contributed by atoms with Crippen molar-refractivity contribution >= 4 is 0 Å². The van der Waals surface area contributed by atoms with E-state index in [-0.39, 0.29) is 0 Å². The molecule has 1 N–H and O–H groups in total. The van der Waals surface area contributed by atoms with Gasteiger partial charge in [0.2, 0.25) is 0 Å². The lowest BCUT2D eigenvalue weighted by Gasteiger charge is -2.42. The first kappa shape index (κ1) is 14.3. The zero-order chi connectivity index (χ0) is 13.0. The van der Waals surface area contributed by atoms with Gasteiger partial charge in [-0.25, -0.2) is 0 Å². The van der Waals surface area contributed by atoms with Gasteiger partial charge in [0.05, 0.1) is 6.10 Å². The third-order valence-electron chi connectivity index (χ3n) is 4.95. The molecule has 0 radical (unpaired) electrons. The maximum absolute atomic E-state index is 5.71. The molecule has 106 valence electrons. The van der Waals surface area contributed by atoms with E-state index in [1.165, 1.54) is 51.6 Å². The predicted octanol–water partition coefficient (Wildman–Crippen LogP) is 2.27. The van der Waals surface area contributed by atoms with Crippen molar-refractivity contribution in [1.82, 2.24) is 10.2 Å². The van der Waals surface area contributed by atoms with E-state index in [1.807, 2.05) is 0 Å². The Morgan fingerprint density at radius 2 is 2.00 bits per heavy atom. The van der Waals surface area contributed by atoms with Crippen molar-refractivity contribution in [2.45, 2.75) is 57.6 Å². The van der Waals surface area contributed by atoms with E-state index < -0.39 is 0 Å². The summed E-state index contributed by atoms with van der Waals surface area (Å²) in [5.41, 5.74) is 0.504. The molecule has 1 aliphatic carbocycles. The molecule has 0 aromatic carbocycles. The monoisotopic (exact) mass is 254 g/mol. The molecule has 18 heavy (non-hydrogen) atoms. The summed E-state index contributed by atoms with van der Waals surface area (Å²) in [5, 5.41) is 3.43. The van der Waals surface area contributed by atoms with Crippen molar-refractivity contribution < 1.29 is 4.74 Å². The van der Waals surface area contributed by atoms with Crippen molar-refractivity contribution in [3.05, 3.63) is 0 Å². The molecule has 1 heterocycles. The minimum Gasteiger partial charge on any atom is -0.377 e. The van der Waals surface area contributed by atoms with Gasteiger partial charge in [-0.2, -0.15) is 0 Å². The van der Waals surface area contributed by atoms with E-state index in [0.29, 0.717) is 17.6 Å². The lowest BCUT2D eigenvalue weighted by atomic mass is 9.73. The average Bonchev–Trinajstić information content (AvgIpc) is 2.77. The van der Waals surface area contributed by atoms with Crippen molar-refractivity contribution in [2.24, 2.45) is 5.41 Å². The smallest absolute Gasteiger partial charge is 0.0702 e. The second kappa shape index (κ2) is 6.36. The highest BCUT2D eigenvalue weighted by Gasteiger charge is 2.36. The largest absolute Gasteiger partial charge is 0.377 e. The molecular weight excluding hydrogens is 224 g/mol. The quantitative estimate of drug-likeness (QED) is 0.814. The fourth-order valence-electron chi connectivity index (χ4n) is 4.01. The van der Waals surface area contributed by atoms with Crippen LogP contribution in [0.25, 0.3) is 0 Å². The zero-order valence-electron chi connectivity index (χ0n) is 12.4. The van der Waals surface area contributed by atoms with Crippen LogP contribution >= 0.6 is 0 Å². The molecule has 0 amide bonds. The van der Waals surface area contributed by atoms with E-state index in [0.717, 1.165) is 6.61 Å². The van der Waals surface area contributed by atoms with Crippen LogP contribution in [0.2, 0.25) is 0 Å². The summed E-state index contributed by atoms with van der Waals surface area (Å²) in [6, 6.07) is 0.626. The number of rotatable bonds is 5. The summed E-state index contributed by atoms with van der Waals surface area (Å²) >= 11 is 0. The van der Waals surface area contributed by atoms with Crippen molar-refractivity contribution in [1.29, 1.82) is 0 Å². The van der Waals surface area contributed by atoms with Crippen LogP contribution in [-0.2, 0) is 4.74 Å². The number of likely N-dealkylation sites (N-methyl/N-ethyl adjacent to an activating group) is 1. The van der Waals surface area contributed by atoms with Gasteiger partial charge in [0.25, 0.3) is 0 Å². The number of hydrogen-bond acceptors (Lipinski definition) is 3. The van der Waals surface area contributed by atoms with Crippen LogP contribution in [0.5, 0.6) is 0 Å². The fraction of sp³-hybridized carbons (Fsp3) is 1.00. The Kier molecular flexibility index (Phi) is 5.05. The molecular formula is C15H30N2O. The van der Waals surface area contributed by atoms with Crippen LogP contribution in [0, 0.1) is 5.41 Å². The second-order valence-corrected chi connectivity index (χ2v) is 6.44.